The van der Waals surface area contributed by atoms with Gasteiger partial charge < -0.3 is 15.7 Å². The number of hydrogen-bond donors (Lipinski definition) is 3. The van der Waals surface area contributed by atoms with Crippen LogP contribution in [0, 0.1) is 0 Å². The van der Waals surface area contributed by atoms with Gasteiger partial charge in [-0.2, -0.15) is 0 Å². The lowest BCUT2D eigenvalue weighted by atomic mass is 10.1. The Labute approximate surface area is 109 Å². The van der Waals surface area contributed by atoms with E-state index in [0.717, 1.165) is 11.3 Å². The predicted octanol–water partition coefficient (Wildman–Crippen LogP) is 0.776. The van der Waals surface area contributed by atoms with Gasteiger partial charge in [-0.15, -0.1) is 0 Å². The van der Waals surface area contributed by atoms with Crippen LogP contribution in [0.15, 0.2) is 18.2 Å². The van der Waals surface area contributed by atoms with Crippen LogP contribution in [0.5, 0.6) is 0 Å². The van der Waals surface area contributed by atoms with Gasteiger partial charge >= 0.3 is 5.97 Å². The molecule has 2 amide bonds. The molecule has 100 valence electrons. The number of carbonyl (C=O) groups is 3. The van der Waals surface area contributed by atoms with Gasteiger partial charge in [0.1, 0.15) is 0 Å². The Kier molecular flexibility index (Phi) is 3.79. The molecule has 0 saturated carbocycles. The van der Waals surface area contributed by atoms with Crippen molar-refractivity contribution in [2.45, 2.75) is 19.3 Å². The molecule has 0 bridgehead atoms. The minimum Gasteiger partial charge on any atom is -0.481 e. The van der Waals surface area contributed by atoms with Crippen LogP contribution in [-0.2, 0) is 16.0 Å². The minimum absolute atomic E-state index is 0.0306. The van der Waals surface area contributed by atoms with Crippen LogP contribution in [0.1, 0.15) is 28.8 Å². The molecule has 6 heteroatoms. The second kappa shape index (κ2) is 5.51. The molecular weight excluding hydrogens is 248 g/mol. The first-order valence-electron chi connectivity index (χ1n) is 5.99. The maximum absolute atomic E-state index is 11.8. The topological polar surface area (TPSA) is 95.5 Å². The summed E-state index contributed by atoms with van der Waals surface area (Å²) in [5.74, 6) is -1.21. The van der Waals surface area contributed by atoms with Crippen molar-refractivity contribution in [1.29, 1.82) is 0 Å². The largest absolute Gasteiger partial charge is 0.481 e. The van der Waals surface area contributed by atoms with Gasteiger partial charge in [0.05, 0.1) is 6.42 Å². The number of hydrogen-bond acceptors (Lipinski definition) is 3. The fourth-order valence-corrected chi connectivity index (χ4v) is 1.91. The Morgan fingerprint density at radius 1 is 1.37 bits per heavy atom. The highest BCUT2D eigenvalue weighted by Gasteiger charge is 2.18. The van der Waals surface area contributed by atoms with Crippen molar-refractivity contribution in [2.75, 3.05) is 11.9 Å². The summed E-state index contributed by atoms with van der Waals surface area (Å²) in [6.07, 6.45) is 0.713. The van der Waals surface area contributed by atoms with Crippen LogP contribution in [0.3, 0.4) is 0 Å². The Morgan fingerprint density at radius 3 is 2.89 bits per heavy atom. The van der Waals surface area contributed by atoms with E-state index in [2.05, 4.69) is 10.6 Å². The molecule has 1 aromatic rings. The smallest absolute Gasteiger partial charge is 0.303 e. The standard InChI is InChI=1S/C13H14N2O4/c16-11-7-9-6-8(3-4-10(9)15-11)13(19)14-5-1-2-12(17)18/h3-4,6H,1-2,5,7H2,(H,14,19)(H,15,16)(H,17,18). The second-order valence-corrected chi connectivity index (χ2v) is 4.35. The predicted molar refractivity (Wildman–Crippen MR) is 68.0 cm³/mol. The number of amides is 2. The summed E-state index contributed by atoms with van der Waals surface area (Å²) in [6.45, 7) is 0.319. The van der Waals surface area contributed by atoms with Crippen LogP contribution in [0.25, 0.3) is 0 Å². The Bertz CT molecular complexity index is 539. The molecule has 19 heavy (non-hydrogen) atoms. The highest BCUT2D eigenvalue weighted by molar-refractivity contribution is 6.01. The number of fused-ring (bicyclic) bond motifs is 1. The number of aliphatic carboxylic acids is 1. The first kappa shape index (κ1) is 13.1. The molecular formula is C13H14N2O4. The zero-order valence-electron chi connectivity index (χ0n) is 10.2. The van der Waals surface area contributed by atoms with Crippen molar-refractivity contribution in [3.8, 4) is 0 Å². The van der Waals surface area contributed by atoms with Crippen molar-refractivity contribution in [2.24, 2.45) is 0 Å². The van der Waals surface area contributed by atoms with E-state index < -0.39 is 5.97 Å². The number of carboxylic acids is 1. The molecule has 0 unspecified atom stereocenters. The summed E-state index contributed by atoms with van der Waals surface area (Å²) in [5, 5.41) is 13.8. The van der Waals surface area contributed by atoms with Crippen LogP contribution < -0.4 is 10.6 Å². The van der Waals surface area contributed by atoms with Crippen LogP contribution in [-0.4, -0.2) is 29.4 Å². The Hall–Kier alpha value is -2.37. The van der Waals surface area contributed by atoms with Gasteiger partial charge in [0, 0.05) is 24.2 Å². The lowest BCUT2D eigenvalue weighted by molar-refractivity contribution is -0.137. The minimum atomic E-state index is -0.878. The van der Waals surface area contributed by atoms with E-state index in [9.17, 15) is 14.4 Å². The molecule has 1 heterocycles. The highest BCUT2D eigenvalue weighted by atomic mass is 16.4. The first-order chi connectivity index (χ1) is 9.06. The summed E-state index contributed by atoms with van der Waals surface area (Å²) in [6, 6.07) is 5.02. The molecule has 0 aliphatic carbocycles. The summed E-state index contributed by atoms with van der Waals surface area (Å²) >= 11 is 0. The number of carbonyl (C=O) groups excluding carboxylic acids is 2. The fourth-order valence-electron chi connectivity index (χ4n) is 1.91. The molecule has 1 aliphatic rings. The van der Waals surface area contributed by atoms with Gasteiger partial charge in [-0.1, -0.05) is 0 Å². The third-order valence-electron chi connectivity index (χ3n) is 2.85. The molecule has 0 radical (unpaired) electrons. The molecule has 2 rings (SSSR count). The van der Waals surface area contributed by atoms with Crippen LogP contribution in [0.2, 0.25) is 0 Å². The lowest BCUT2D eigenvalue weighted by Crippen LogP contribution is -2.24. The van der Waals surface area contributed by atoms with E-state index >= 15 is 0 Å². The van der Waals surface area contributed by atoms with Crippen molar-refractivity contribution in [1.82, 2.24) is 5.32 Å². The van der Waals surface area contributed by atoms with Gasteiger partial charge in [-0.25, -0.2) is 0 Å². The zero-order valence-corrected chi connectivity index (χ0v) is 10.2. The molecule has 1 aromatic carbocycles. The maximum Gasteiger partial charge on any atom is 0.303 e. The van der Waals surface area contributed by atoms with Gasteiger partial charge in [0.2, 0.25) is 5.91 Å². The molecule has 6 nitrogen and oxygen atoms in total. The zero-order chi connectivity index (χ0) is 13.8. The maximum atomic E-state index is 11.8. The van der Waals surface area contributed by atoms with Crippen molar-refractivity contribution in [3.63, 3.8) is 0 Å². The SMILES string of the molecule is O=C(O)CCCNC(=O)c1ccc2c(c1)CC(=O)N2. The second-order valence-electron chi connectivity index (χ2n) is 4.35. The third kappa shape index (κ3) is 3.31. The van der Waals surface area contributed by atoms with E-state index in [4.69, 9.17) is 5.11 Å². The van der Waals surface area contributed by atoms with E-state index in [1.54, 1.807) is 18.2 Å². The first-order valence-corrected chi connectivity index (χ1v) is 5.99. The van der Waals surface area contributed by atoms with E-state index in [0.29, 0.717) is 18.5 Å². The molecule has 3 N–H and O–H groups in total. The third-order valence-corrected chi connectivity index (χ3v) is 2.85. The van der Waals surface area contributed by atoms with Gasteiger partial charge in [-0.05, 0) is 30.2 Å². The van der Waals surface area contributed by atoms with Gasteiger partial charge in [0.25, 0.3) is 5.91 Å². The van der Waals surface area contributed by atoms with Crippen LogP contribution in [0.4, 0.5) is 5.69 Å². The number of nitrogens with one attached hydrogen (secondary N) is 2. The summed E-state index contributed by atoms with van der Waals surface area (Å²) in [7, 11) is 0. The van der Waals surface area contributed by atoms with Crippen molar-refractivity contribution in [3.05, 3.63) is 29.3 Å². The van der Waals surface area contributed by atoms with Crippen molar-refractivity contribution < 1.29 is 19.5 Å². The summed E-state index contributed by atoms with van der Waals surface area (Å²) < 4.78 is 0. The number of anilines is 1. The quantitative estimate of drug-likeness (QED) is 0.683. The van der Waals surface area contributed by atoms with E-state index in [1.807, 2.05) is 0 Å². The molecule has 0 aromatic heterocycles. The molecule has 0 fully saturated rings. The monoisotopic (exact) mass is 262 g/mol. The number of benzene rings is 1. The normalized spacial score (nSPS) is 12.7. The fraction of sp³-hybridized carbons (Fsp3) is 0.308. The Morgan fingerprint density at radius 2 is 2.16 bits per heavy atom. The molecule has 0 saturated heterocycles. The van der Waals surface area contributed by atoms with Gasteiger partial charge in [-0.3, -0.25) is 14.4 Å². The number of carboxylic acid groups (broad SMARTS) is 1. The summed E-state index contributed by atoms with van der Waals surface area (Å²) in [5.41, 5.74) is 2.03. The van der Waals surface area contributed by atoms with E-state index in [1.165, 1.54) is 0 Å². The number of rotatable bonds is 5. The lowest BCUT2D eigenvalue weighted by Gasteiger charge is -2.05. The van der Waals surface area contributed by atoms with E-state index in [-0.39, 0.29) is 24.7 Å². The van der Waals surface area contributed by atoms with Gasteiger partial charge in [0.15, 0.2) is 0 Å². The highest BCUT2D eigenvalue weighted by Crippen LogP contribution is 2.23. The summed E-state index contributed by atoms with van der Waals surface area (Å²) in [4.78, 5) is 33.3. The average molecular weight is 262 g/mol. The average Bonchev–Trinajstić information content (AvgIpc) is 2.73. The molecule has 0 atom stereocenters. The van der Waals surface area contributed by atoms with Crippen LogP contribution >= 0.6 is 0 Å². The molecule has 1 aliphatic heterocycles. The van der Waals surface area contributed by atoms with Crippen molar-refractivity contribution >= 4 is 23.5 Å². The molecule has 0 spiro atoms. The Balaban J connectivity index is 1.91.